The number of anilines is 2. The Hall–Kier alpha value is -2.98. The number of benzene rings is 2. The van der Waals surface area contributed by atoms with Gasteiger partial charge in [0.15, 0.2) is 0 Å². The van der Waals surface area contributed by atoms with E-state index >= 15 is 0 Å². The molecule has 2 aromatic rings. The second-order valence-electron chi connectivity index (χ2n) is 7.95. The quantitative estimate of drug-likeness (QED) is 0.300. The SMILES string of the molecule is CC(Sc1cccc(NC(=O)C2CC=CCC2C(=O)O)c1)C(=O)Nc1ccc(Cl)cc1C(F)(F)F. The third-order valence-electron chi connectivity index (χ3n) is 5.41. The van der Waals surface area contributed by atoms with E-state index < -0.39 is 52.3 Å². The van der Waals surface area contributed by atoms with Gasteiger partial charge in [-0.2, -0.15) is 13.2 Å². The Kier molecular flexibility index (Phi) is 8.50. The number of carbonyl (C=O) groups is 3. The van der Waals surface area contributed by atoms with E-state index in [1.807, 2.05) is 0 Å². The predicted octanol–water partition coefficient (Wildman–Crippen LogP) is 6.08. The largest absolute Gasteiger partial charge is 0.481 e. The fraction of sp³-hybridized carbons (Fsp3) is 0.292. The fourth-order valence-electron chi connectivity index (χ4n) is 3.61. The molecule has 11 heteroatoms. The summed E-state index contributed by atoms with van der Waals surface area (Å²) in [6, 6.07) is 9.69. The van der Waals surface area contributed by atoms with Crippen molar-refractivity contribution < 1.29 is 32.7 Å². The number of thioether (sulfide) groups is 1. The first-order chi connectivity index (χ1) is 16.5. The van der Waals surface area contributed by atoms with Crippen molar-refractivity contribution in [1.82, 2.24) is 0 Å². The lowest BCUT2D eigenvalue weighted by Crippen LogP contribution is -2.34. The maximum absolute atomic E-state index is 13.3. The molecule has 0 saturated carbocycles. The first-order valence-electron chi connectivity index (χ1n) is 10.6. The van der Waals surface area contributed by atoms with Crippen molar-refractivity contribution in [1.29, 1.82) is 0 Å². The zero-order chi connectivity index (χ0) is 25.8. The van der Waals surface area contributed by atoms with Gasteiger partial charge in [-0.05, 0) is 56.2 Å². The van der Waals surface area contributed by atoms with Gasteiger partial charge in [0.2, 0.25) is 11.8 Å². The highest BCUT2D eigenvalue weighted by Gasteiger charge is 2.35. The van der Waals surface area contributed by atoms with Crippen molar-refractivity contribution in [2.75, 3.05) is 10.6 Å². The summed E-state index contributed by atoms with van der Waals surface area (Å²) in [6.07, 6.45) is -0.571. The molecule has 3 rings (SSSR count). The van der Waals surface area contributed by atoms with Crippen molar-refractivity contribution in [2.45, 2.75) is 36.1 Å². The van der Waals surface area contributed by atoms with E-state index in [-0.39, 0.29) is 11.4 Å². The molecular formula is C24H22ClF3N2O4S. The second kappa shape index (κ2) is 11.2. The molecule has 3 unspecified atom stereocenters. The van der Waals surface area contributed by atoms with Crippen molar-refractivity contribution in [3.63, 3.8) is 0 Å². The van der Waals surface area contributed by atoms with E-state index in [0.717, 1.165) is 23.9 Å². The summed E-state index contributed by atoms with van der Waals surface area (Å²) in [4.78, 5) is 37.3. The van der Waals surface area contributed by atoms with Gasteiger partial charge in [0.05, 0.1) is 28.3 Å². The van der Waals surface area contributed by atoms with Crippen LogP contribution in [-0.4, -0.2) is 28.1 Å². The zero-order valence-electron chi connectivity index (χ0n) is 18.4. The van der Waals surface area contributed by atoms with Crippen LogP contribution in [0.25, 0.3) is 0 Å². The van der Waals surface area contributed by atoms with Crippen LogP contribution >= 0.6 is 23.4 Å². The topological polar surface area (TPSA) is 95.5 Å². The van der Waals surface area contributed by atoms with Crippen LogP contribution in [0, 0.1) is 11.8 Å². The molecule has 2 amide bonds. The van der Waals surface area contributed by atoms with Gasteiger partial charge in [0.1, 0.15) is 0 Å². The molecule has 0 aliphatic heterocycles. The molecule has 6 nitrogen and oxygen atoms in total. The van der Waals surface area contributed by atoms with Crippen LogP contribution in [0.3, 0.4) is 0 Å². The normalized spacial score (nSPS) is 18.5. The molecule has 0 fully saturated rings. The predicted molar refractivity (Wildman–Crippen MR) is 128 cm³/mol. The van der Waals surface area contributed by atoms with Gasteiger partial charge in [0.25, 0.3) is 0 Å². The van der Waals surface area contributed by atoms with Gasteiger partial charge in [0, 0.05) is 15.6 Å². The van der Waals surface area contributed by atoms with Gasteiger partial charge >= 0.3 is 12.1 Å². The number of carboxylic acids is 1. The number of carbonyl (C=O) groups excluding carboxylic acids is 2. The molecule has 0 heterocycles. The summed E-state index contributed by atoms with van der Waals surface area (Å²) in [7, 11) is 0. The molecule has 1 aliphatic carbocycles. The Morgan fingerprint density at radius 2 is 1.74 bits per heavy atom. The van der Waals surface area contributed by atoms with E-state index in [4.69, 9.17) is 11.6 Å². The molecule has 0 aromatic heterocycles. The molecule has 0 bridgehead atoms. The number of carboxylic acid groups (broad SMARTS) is 1. The number of allylic oxidation sites excluding steroid dienone is 2. The molecule has 0 radical (unpaired) electrons. The van der Waals surface area contributed by atoms with Gasteiger partial charge in [-0.25, -0.2) is 0 Å². The maximum atomic E-state index is 13.3. The molecule has 2 aromatic carbocycles. The number of nitrogens with one attached hydrogen (secondary N) is 2. The van der Waals surface area contributed by atoms with Crippen molar-refractivity contribution in [3.8, 4) is 0 Å². The number of alkyl halides is 3. The van der Waals surface area contributed by atoms with E-state index in [9.17, 15) is 32.7 Å². The summed E-state index contributed by atoms with van der Waals surface area (Å²) in [5, 5.41) is 13.5. The number of hydrogen-bond donors (Lipinski definition) is 3. The highest BCUT2D eigenvalue weighted by molar-refractivity contribution is 8.00. The van der Waals surface area contributed by atoms with Crippen LogP contribution in [0.5, 0.6) is 0 Å². The summed E-state index contributed by atoms with van der Waals surface area (Å²) >= 11 is 6.77. The van der Waals surface area contributed by atoms with Crippen LogP contribution in [0.2, 0.25) is 5.02 Å². The first kappa shape index (κ1) is 26.6. The highest BCUT2D eigenvalue weighted by Crippen LogP contribution is 2.37. The minimum atomic E-state index is -4.69. The minimum absolute atomic E-state index is 0.101. The molecule has 35 heavy (non-hydrogen) atoms. The number of halogens is 4. The van der Waals surface area contributed by atoms with Crippen molar-refractivity contribution in [3.05, 3.63) is 65.2 Å². The van der Waals surface area contributed by atoms with Crippen LogP contribution in [0.1, 0.15) is 25.3 Å². The van der Waals surface area contributed by atoms with Gasteiger partial charge in [-0.1, -0.05) is 29.8 Å². The average molecular weight is 527 g/mol. The van der Waals surface area contributed by atoms with E-state index in [2.05, 4.69) is 10.6 Å². The molecule has 0 spiro atoms. The lowest BCUT2D eigenvalue weighted by molar-refractivity contribution is -0.146. The molecule has 3 N–H and O–H groups in total. The zero-order valence-corrected chi connectivity index (χ0v) is 20.0. The molecular weight excluding hydrogens is 505 g/mol. The van der Waals surface area contributed by atoms with Crippen LogP contribution in [0.15, 0.2) is 59.5 Å². The Labute approximate surface area is 208 Å². The average Bonchev–Trinajstić information content (AvgIpc) is 2.79. The molecule has 1 aliphatic rings. The van der Waals surface area contributed by atoms with Crippen molar-refractivity contribution in [2.24, 2.45) is 11.8 Å². The lowest BCUT2D eigenvalue weighted by atomic mass is 9.82. The number of rotatable bonds is 7. The number of hydrogen-bond acceptors (Lipinski definition) is 4. The minimum Gasteiger partial charge on any atom is -0.481 e. The van der Waals surface area contributed by atoms with Gasteiger partial charge in [-0.15, -0.1) is 11.8 Å². The van der Waals surface area contributed by atoms with Crippen molar-refractivity contribution >= 4 is 52.5 Å². The van der Waals surface area contributed by atoms with Gasteiger partial charge < -0.3 is 15.7 Å². The number of aliphatic carboxylic acids is 1. The van der Waals surface area contributed by atoms with E-state index in [1.165, 1.54) is 6.07 Å². The summed E-state index contributed by atoms with van der Waals surface area (Å²) in [5.74, 6) is -3.61. The number of amides is 2. The van der Waals surface area contributed by atoms with Gasteiger partial charge in [-0.3, -0.25) is 14.4 Å². The third-order valence-corrected chi connectivity index (χ3v) is 6.74. The van der Waals surface area contributed by atoms with E-state index in [0.29, 0.717) is 17.0 Å². The standard InChI is InChI=1S/C24H22ClF3N2O4S/c1-13(21(31)30-20-10-9-14(25)11-19(20)24(26,27)28)35-16-6-4-5-15(12-16)29-22(32)17-7-2-3-8-18(17)23(33)34/h2-6,9-13,17-18H,7-8H2,1H3,(H,29,32)(H,30,31)(H,33,34). The maximum Gasteiger partial charge on any atom is 0.418 e. The fourth-order valence-corrected chi connectivity index (χ4v) is 4.71. The Bertz CT molecular complexity index is 1160. The first-order valence-corrected chi connectivity index (χ1v) is 11.8. The molecule has 3 atom stereocenters. The second-order valence-corrected chi connectivity index (χ2v) is 9.80. The monoisotopic (exact) mass is 526 g/mol. The Morgan fingerprint density at radius 3 is 2.40 bits per heavy atom. The summed E-state index contributed by atoms with van der Waals surface area (Å²) < 4.78 is 39.9. The Morgan fingerprint density at radius 1 is 1.06 bits per heavy atom. The lowest BCUT2D eigenvalue weighted by Gasteiger charge is -2.24. The molecule has 0 saturated heterocycles. The summed E-state index contributed by atoms with van der Waals surface area (Å²) in [5.41, 5.74) is -1.02. The Balaban J connectivity index is 1.66. The third kappa shape index (κ3) is 7.02. The molecule has 186 valence electrons. The van der Waals surface area contributed by atoms with Crippen LogP contribution in [0.4, 0.5) is 24.5 Å². The van der Waals surface area contributed by atoms with Crippen LogP contribution < -0.4 is 10.6 Å². The smallest absolute Gasteiger partial charge is 0.418 e. The summed E-state index contributed by atoms with van der Waals surface area (Å²) in [6.45, 7) is 1.54. The highest BCUT2D eigenvalue weighted by atomic mass is 35.5. The van der Waals surface area contributed by atoms with E-state index in [1.54, 1.807) is 43.3 Å². The van der Waals surface area contributed by atoms with Crippen LogP contribution in [-0.2, 0) is 20.6 Å².